The van der Waals surface area contributed by atoms with Gasteiger partial charge in [-0.3, -0.25) is 9.48 Å². The van der Waals surface area contributed by atoms with Crippen LogP contribution in [0.15, 0.2) is 42.7 Å². The highest BCUT2D eigenvalue weighted by atomic mass is 16.5. The summed E-state index contributed by atoms with van der Waals surface area (Å²) in [4.78, 5) is 12.4. The normalized spacial score (nSPS) is 20.4. The Labute approximate surface area is 135 Å². The highest BCUT2D eigenvalue weighted by Crippen LogP contribution is 2.34. The topological polar surface area (TPSA) is 65.4 Å². The first-order chi connectivity index (χ1) is 11.2. The quantitative estimate of drug-likeness (QED) is 0.824. The SMILES string of the molecule is Cn1cc([C@H]2OCC[C@@H]2C(=O)NCCOc2ccccc2)cn1. The second-order valence-corrected chi connectivity index (χ2v) is 5.59. The van der Waals surface area contributed by atoms with Crippen LogP contribution in [-0.4, -0.2) is 35.4 Å². The Morgan fingerprint density at radius 3 is 3.00 bits per heavy atom. The molecule has 0 aliphatic carbocycles. The van der Waals surface area contributed by atoms with Gasteiger partial charge < -0.3 is 14.8 Å². The maximum absolute atomic E-state index is 12.4. The number of carbonyl (C=O) groups excluding carboxylic acids is 1. The third-order valence-electron chi connectivity index (χ3n) is 3.90. The van der Waals surface area contributed by atoms with Crippen LogP contribution in [0.3, 0.4) is 0 Å². The van der Waals surface area contributed by atoms with Crippen LogP contribution >= 0.6 is 0 Å². The number of nitrogens with zero attached hydrogens (tertiary/aromatic N) is 2. The van der Waals surface area contributed by atoms with E-state index in [2.05, 4.69) is 10.4 Å². The smallest absolute Gasteiger partial charge is 0.226 e. The highest BCUT2D eigenvalue weighted by Gasteiger charge is 2.35. The molecule has 1 N–H and O–H groups in total. The van der Waals surface area contributed by atoms with Crippen LogP contribution in [0.5, 0.6) is 5.75 Å². The van der Waals surface area contributed by atoms with Crippen LogP contribution in [0.4, 0.5) is 0 Å². The molecule has 0 bridgehead atoms. The summed E-state index contributed by atoms with van der Waals surface area (Å²) in [6, 6.07) is 9.56. The molecule has 122 valence electrons. The molecule has 6 nitrogen and oxygen atoms in total. The van der Waals surface area contributed by atoms with E-state index in [0.29, 0.717) is 19.8 Å². The zero-order valence-corrected chi connectivity index (χ0v) is 13.1. The molecule has 1 amide bonds. The lowest BCUT2D eigenvalue weighted by Gasteiger charge is -2.17. The van der Waals surface area contributed by atoms with Crippen molar-refractivity contribution in [3.63, 3.8) is 0 Å². The molecule has 0 unspecified atom stereocenters. The molecule has 1 fully saturated rings. The summed E-state index contributed by atoms with van der Waals surface area (Å²) in [6.45, 7) is 1.52. The molecule has 1 aliphatic rings. The van der Waals surface area contributed by atoms with Crippen LogP contribution in [0.25, 0.3) is 0 Å². The minimum Gasteiger partial charge on any atom is -0.492 e. The molecule has 2 aromatic rings. The fourth-order valence-electron chi connectivity index (χ4n) is 2.76. The first kappa shape index (κ1) is 15.6. The fourth-order valence-corrected chi connectivity index (χ4v) is 2.76. The van der Waals surface area contributed by atoms with Crippen LogP contribution in [0.2, 0.25) is 0 Å². The number of para-hydroxylation sites is 1. The number of hydrogen-bond acceptors (Lipinski definition) is 4. The van der Waals surface area contributed by atoms with Gasteiger partial charge in [0.25, 0.3) is 0 Å². The van der Waals surface area contributed by atoms with Crippen molar-refractivity contribution < 1.29 is 14.3 Å². The first-order valence-electron chi connectivity index (χ1n) is 7.80. The van der Waals surface area contributed by atoms with Gasteiger partial charge in [-0.1, -0.05) is 18.2 Å². The third kappa shape index (κ3) is 3.90. The van der Waals surface area contributed by atoms with Gasteiger partial charge in [0, 0.05) is 25.4 Å². The van der Waals surface area contributed by atoms with Gasteiger partial charge in [0.1, 0.15) is 12.4 Å². The molecule has 6 heteroatoms. The monoisotopic (exact) mass is 315 g/mol. The number of amides is 1. The van der Waals surface area contributed by atoms with Gasteiger partial charge in [-0.15, -0.1) is 0 Å². The van der Waals surface area contributed by atoms with E-state index in [9.17, 15) is 4.79 Å². The van der Waals surface area contributed by atoms with Crippen molar-refractivity contribution in [3.05, 3.63) is 48.3 Å². The molecule has 1 saturated heterocycles. The standard InChI is InChI=1S/C17H21N3O3/c1-20-12-13(11-19-20)16-15(7-9-23-16)17(21)18-8-10-22-14-5-3-2-4-6-14/h2-6,11-12,15-16H,7-10H2,1H3,(H,18,21)/t15-,16+/m0/s1. The van der Waals surface area contributed by atoms with E-state index in [4.69, 9.17) is 9.47 Å². The van der Waals surface area contributed by atoms with Gasteiger partial charge in [-0.05, 0) is 18.6 Å². The fraction of sp³-hybridized carbons (Fsp3) is 0.412. The maximum atomic E-state index is 12.4. The summed E-state index contributed by atoms with van der Waals surface area (Å²) in [5.74, 6) is 0.642. The lowest BCUT2D eigenvalue weighted by Crippen LogP contribution is -2.34. The minimum atomic E-state index is -0.209. The Bertz CT molecular complexity index is 642. The van der Waals surface area contributed by atoms with Gasteiger partial charge in [0.2, 0.25) is 5.91 Å². The number of carbonyl (C=O) groups is 1. The Hall–Kier alpha value is -2.34. The summed E-state index contributed by atoms with van der Waals surface area (Å²) in [5, 5.41) is 7.08. The number of aromatic nitrogens is 2. The summed E-state index contributed by atoms with van der Waals surface area (Å²) < 4.78 is 13.0. The van der Waals surface area contributed by atoms with Crippen molar-refractivity contribution in [1.82, 2.24) is 15.1 Å². The number of rotatable bonds is 6. The molecule has 1 aromatic heterocycles. The zero-order chi connectivity index (χ0) is 16.1. The molecule has 0 saturated carbocycles. The number of benzene rings is 1. The summed E-state index contributed by atoms with van der Waals surface area (Å²) >= 11 is 0. The third-order valence-corrected chi connectivity index (χ3v) is 3.90. The number of aryl methyl sites for hydroxylation is 1. The van der Waals surface area contributed by atoms with E-state index >= 15 is 0 Å². The summed E-state index contributed by atoms with van der Waals surface area (Å²) in [7, 11) is 1.86. The van der Waals surface area contributed by atoms with Crippen molar-refractivity contribution in [3.8, 4) is 5.75 Å². The van der Waals surface area contributed by atoms with E-state index < -0.39 is 0 Å². The van der Waals surface area contributed by atoms with Gasteiger partial charge in [0.15, 0.2) is 0 Å². The van der Waals surface area contributed by atoms with E-state index in [1.807, 2.05) is 43.6 Å². The Kier molecular flexibility index (Phi) is 4.92. The lowest BCUT2D eigenvalue weighted by atomic mass is 9.96. The molecular weight excluding hydrogens is 294 g/mol. The van der Waals surface area contributed by atoms with E-state index in [0.717, 1.165) is 17.7 Å². The minimum absolute atomic E-state index is 0.00742. The van der Waals surface area contributed by atoms with Gasteiger partial charge in [0.05, 0.1) is 24.8 Å². The number of hydrogen-bond donors (Lipinski definition) is 1. The Morgan fingerprint density at radius 1 is 1.43 bits per heavy atom. The number of nitrogens with one attached hydrogen (secondary N) is 1. The Morgan fingerprint density at radius 2 is 2.26 bits per heavy atom. The Balaban J connectivity index is 1.47. The molecule has 0 radical (unpaired) electrons. The van der Waals surface area contributed by atoms with Crippen molar-refractivity contribution in [2.24, 2.45) is 13.0 Å². The zero-order valence-electron chi connectivity index (χ0n) is 13.1. The molecule has 1 aliphatic heterocycles. The lowest BCUT2D eigenvalue weighted by molar-refractivity contribution is -0.126. The molecular formula is C17H21N3O3. The summed E-state index contributed by atoms with van der Waals surface area (Å²) in [6.07, 6.45) is 4.17. The first-order valence-corrected chi connectivity index (χ1v) is 7.80. The van der Waals surface area contributed by atoms with E-state index in [-0.39, 0.29) is 17.9 Å². The molecule has 0 spiro atoms. The van der Waals surface area contributed by atoms with Crippen molar-refractivity contribution in [2.45, 2.75) is 12.5 Å². The largest absolute Gasteiger partial charge is 0.492 e. The highest BCUT2D eigenvalue weighted by molar-refractivity contribution is 5.79. The van der Waals surface area contributed by atoms with Crippen LogP contribution in [-0.2, 0) is 16.6 Å². The molecule has 2 heterocycles. The van der Waals surface area contributed by atoms with E-state index in [1.165, 1.54) is 0 Å². The van der Waals surface area contributed by atoms with Gasteiger partial charge >= 0.3 is 0 Å². The average molecular weight is 315 g/mol. The van der Waals surface area contributed by atoms with Crippen molar-refractivity contribution in [1.29, 1.82) is 0 Å². The van der Waals surface area contributed by atoms with Gasteiger partial charge in [-0.25, -0.2) is 0 Å². The predicted molar refractivity (Wildman–Crippen MR) is 85.0 cm³/mol. The maximum Gasteiger partial charge on any atom is 0.226 e. The van der Waals surface area contributed by atoms with E-state index in [1.54, 1.807) is 10.9 Å². The van der Waals surface area contributed by atoms with Crippen molar-refractivity contribution in [2.75, 3.05) is 19.8 Å². The second-order valence-electron chi connectivity index (χ2n) is 5.59. The molecule has 2 atom stereocenters. The summed E-state index contributed by atoms with van der Waals surface area (Å²) in [5.41, 5.74) is 0.950. The van der Waals surface area contributed by atoms with Gasteiger partial charge in [-0.2, -0.15) is 5.10 Å². The molecule has 23 heavy (non-hydrogen) atoms. The van der Waals surface area contributed by atoms with Crippen molar-refractivity contribution >= 4 is 5.91 Å². The average Bonchev–Trinajstić information content (AvgIpc) is 3.21. The predicted octanol–water partition coefficient (Wildman–Crippen LogP) is 1.69. The molecule has 3 rings (SSSR count). The van der Waals surface area contributed by atoms with Crippen LogP contribution < -0.4 is 10.1 Å². The van der Waals surface area contributed by atoms with Crippen LogP contribution in [0, 0.1) is 5.92 Å². The number of ether oxygens (including phenoxy) is 2. The van der Waals surface area contributed by atoms with Crippen LogP contribution in [0.1, 0.15) is 18.1 Å². The second kappa shape index (κ2) is 7.28. The molecule has 1 aromatic carbocycles.